The largest absolute Gasteiger partial charge is 0.493 e. The molecule has 0 N–H and O–H groups in total. The van der Waals surface area contributed by atoms with Crippen LogP contribution in [-0.4, -0.2) is 52.7 Å². The molecule has 0 bridgehead atoms. The Bertz CT molecular complexity index is 868. The van der Waals surface area contributed by atoms with Crippen molar-refractivity contribution in [2.75, 3.05) is 19.8 Å². The number of hydrogen-bond acceptors (Lipinski definition) is 5. The van der Waals surface area contributed by atoms with E-state index < -0.39 is 0 Å². The summed E-state index contributed by atoms with van der Waals surface area (Å²) >= 11 is 0. The molecule has 2 fully saturated rings. The lowest BCUT2D eigenvalue weighted by atomic mass is 9.90. The monoisotopic (exact) mass is 365 g/mol. The van der Waals surface area contributed by atoms with Crippen molar-refractivity contribution in [2.45, 2.75) is 44.2 Å². The average Bonchev–Trinajstić information content (AvgIpc) is 3.21. The molecule has 1 saturated carbocycles. The van der Waals surface area contributed by atoms with E-state index in [2.05, 4.69) is 16.0 Å². The molecule has 2 unspecified atom stereocenters. The van der Waals surface area contributed by atoms with Crippen LogP contribution in [0, 0.1) is 0 Å². The first kappa shape index (κ1) is 16.7. The maximum Gasteiger partial charge on any atom is 0.274 e. The molecule has 27 heavy (non-hydrogen) atoms. The Morgan fingerprint density at radius 3 is 3.04 bits per heavy atom. The van der Waals surface area contributed by atoms with Crippen LogP contribution in [0.1, 0.15) is 41.7 Å². The molecule has 140 valence electrons. The summed E-state index contributed by atoms with van der Waals surface area (Å²) in [6.07, 6.45) is 8.76. The Hall–Kier alpha value is -2.47. The van der Waals surface area contributed by atoms with E-state index in [0.717, 1.165) is 43.6 Å². The van der Waals surface area contributed by atoms with E-state index in [0.29, 0.717) is 24.5 Å². The van der Waals surface area contributed by atoms with E-state index in [9.17, 15) is 4.79 Å². The Labute approximate surface area is 158 Å². The molecule has 0 spiro atoms. The zero-order valence-electron chi connectivity index (χ0n) is 15.3. The standard InChI is InChI=1S/C21H23N3O3/c25-21(24-8-10-27-19-4-2-1-3-18(19)24)17-13-22-12-16(23-17)15-6-5-14-7-9-26-20(14)11-15/h5-6,11-13,18-19H,1-4,7-10H2. The van der Waals surface area contributed by atoms with Crippen molar-refractivity contribution >= 4 is 5.91 Å². The van der Waals surface area contributed by atoms with E-state index in [1.807, 2.05) is 17.0 Å². The van der Waals surface area contributed by atoms with Crippen molar-refractivity contribution in [3.8, 4) is 17.0 Å². The predicted octanol–water partition coefficient (Wildman–Crippen LogP) is 2.86. The van der Waals surface area contributed by atoms with Crippen molar-refractivity contribution in [3.63, 3.8) is 0 Å². The van der Waals surface area contributed by atoms with Gasteiger partial charge in [0.1, 0.15) is 11.4 Å². The highest BCUT2D eigenvalue weighted by Crippen LogP contribution is 2.31. The molecular formula is C21H23N3O3. The van der Waals surface area contributed by atoms with E-state index in [1.54, 1.807) is 12.4 Å². The predicted molar refractivity (Wildman–Crippen MR) is 99.7 cm³/mol. The maximum absolute atomic E-state index is 13.2. The highest BCUT2D eigenvalue weighted by Gasteiger charge is 2.37. The van der Waals surface area contributed by atoms with Crippen LogP contribution in [0.4, 0.5) is 0 Å². The van der Waals surface area contributed by atoms with Gasteiger partial charge in [0.2, 0.25) is 0 Å². The summed E-state index contributed by atoms with van der Waals surface area (Å²) in [6.45, 7) is 1.95. The number of benzene rings is 1. The number of ether oxygens (including phenoxy) is 2. The SMILES string of the molecule is O=C(c1cncc(-c2ccc3c(c2)OCC3)n1)N1CCOC2CCCCC21. The maximum atomic E-state index is 13.2. The number of nitrogens with zero attached hydrogens (tertiary/aromatic N) is 3. The lowest BCUT2D eigenvalue weighted by molar-refractivity contribution is -0.0754. The summed E-state index contributed by atoms with van der Waals surface area (Å²) in [5.74, 6) is 0.867. The average molecular weight is 365 g/mol. The van der Waals surface area contributed by atoms with E-state index in [1.165, 1.54) is 12.0 Å². The Morgan fingerprint density at radius 2 is 2.07 bits per heavy atom. The Morgan fingerprint density at radius 1 is 1.15 bits per heavy atom. The van der Waals surface area contributed by atoms with Gasteiger partial charge in [-0.05, 0) is 24.5 Å². The van der Waals surface area contributed by atoms with Crippen molar-refractivity contribution in [2.24, 2.45) is 0 Å². The van der Waals surface area contributed by atoms with Gasteiger partial charge in [-0.25, -0.2) is 4.98 Å². The minimum absolute atomic E-state index is 0.0399. The van der Waals surface area contributed by atoms with Crippen LogP contribution in [-0.2, 0) is 11.2 Å². The first-order chi connectivity index (χ1) is 13.3. The Balaban J connectivity index is 1.42. The quantitative estimate of drug-likeness (QED) is 0.819. The third-order valence-corrected chi connectivity index (χ3v) is 5.84. The van der Waals surface area contributed by atoms with Gasteiger partial charge in [0.15, 0.2) is 0 Å². The summed E-state index contributed by atoms with van der Waals surface area (Å²) in [5, 5.41) is 0. The molecule has 1 amide bonds. The zero-order chi connectivity index (χ0) is 18.2. The van der Waals surface area contributed by atoms with Gasteiger partial charge in [0, 0.05) is 18.5 Å². The van der Waals surface area contributed by atoms with Crippen molar-refractivity contribution < 1.29 is 14.3 Å². The number of rotatable bonds is 2. The molecule has 0 radical (unpaired) electrons. The van der Waals surface area contributed by atoms with Crippen molar-refractivity contribution in [1.82, 2.24) is 14.9 Å². The van der Waals surface area contributed by atoms with Gasteiger partial charge in [0.05, 0.1) is 43.4 Å². The molecule has 5 rings (SSSR count). The first-order valence-corrected chi connectivity index (χ1v) is 9.80. The fourth-order valence-corrected chi connectivity index (χ4v) is 4.43. The summed E-state index contributed by atoms with van der Waals surface area (Å²) in [4.78, 5) is 24.0. The second-order valence-corrected chi connectivity index (χ2v) is 7.47. The molecule has 3 aliphatic rings. The van der Waals surface area contributed by atoms with Gasteiger partial charge in [-0.15, -0.1) is 0 Å². The number of carbonyl (C=O) groups excluding carboxylic acids is 1. The lowest BCUT2D eigenvalue weighted by Crippen LogP contribution is -2.55. The molecule has 1 aromatic carbocycles. The molecule has 1 aromatic heterocycles. The van der Waals surface area contributed by atoms with Crippen LogP contribution >= 0.6 is 0 Å². The molecule has 6 nitrogen and oxygen atoms in total. The smallest absolute Gasteiger partial charge is 0.274 e. The topological polar surface area (TPSA) is 64.5 Å². The summed E-state index contributed by atoms with van der Waals surface area (Å²) in [7, 11) is 0. The van der Waals surface area contributed by atoms with Crippen LogP contribution < -0.4 is 4.74 Å². The number of aromatic nitrogens is 2. The van der Waals surface area contributed by atoms with E-state index in [-0.39, 0.29) is 18.1 Å². The van der Waals surface area contributed by atoms with Crippen LogP contribution in [0.2, 0.25) is 0 Å². The first-order valence-electron chi connectivity index (χ1n) is 9.80. The lowest BCUT2D eigenvalue weighted by Gasteiger charge is -2.43. The minimum atomic E-state index is -0.0399. The van der Waals surface area contributed by atoms with Gasteiger partial charge in [-0.2, -0.15) is 0 Å². The normalized spacial score (nSPS) is 24.1. The van der Waals surface area contributed by atoms with Crippen molar-refractivity contribution in [3.05, 3.63) is 41.9 Å². The minimum Gasteiger partial charge on any atom is -0.493 e. The third kappa shape index (κ3) is 3.08. The van der Waals surface area contributed by atoms with Gasteiger partial charge in [-0.3, -0.25) is 9.78 Å². The summed E-state index contributed by atoms with van der Waals surface area (Å²) in [5.41, 5.74) is 3.25. The van der Waals surface area contributed by atoms with Crippen LogP contribution in [0.3, 0.4) is 0 Å². The second kappa shape index (κ2) is 6.93. The van der Waals surface area contributed by atoms with E-state index in [4.69, 9.17) is 9.47 Å². The van der Waals surface area contributed by atoms with E-state index >= 15 is 0 Å². The molecule has 1 saturated heterocycles. The fourth-order valence-electron chi connectivity index (χ4n) is 4.43. The number of morpholine rings is 1. The second-order valence-electron chi connectivity index (χ2n) is 7.47. The highest BCUT2D eigenvalue weighted by molar-refractivity contribution is 5.93. The third-order valence-electron chi connectivity index (χ3n) is 5.84. The fraction of sp³-hybridized carbons (Fsp3) is 0.476. The molecule has 6 heteroatoms. The van der Waals surface area contributed by atoms with Gasteiger partial charge < -0.3 is 14.4 Å². The summed E-state index contributed by atoms with van der Waals surface area (Å²) < 4.78 is 11.5. The Kier molecular flexibility index (Phi) is 4.28. The number of fused-ring (bicyclic) bond motifs is 2. The zero-order valence-corrected chi connectivity index (χ0v) is 15.3. The number of carbonyl (C=O) groups is 1. The molecule has 2 aliphatic heterocycles. The molecule has 1 aliphatic carbocycles. The molecule has 3 heterocycles. The van der Waals surface area contributed by atoms with Gasteiger partial charge in [-0.1, -0.05) is 25.0 Å². The van der Waals surface area contributed by atoms with Crippen molar-refractivity contribution in [1.29, 1.82) is 0 Å². The summed E-state index contributed by atoms with van der Waals surface area (Å²) in [6, 6.07) is 6.26. The van der Waals surface area contributed by atoms with Crippen LogP contribution in [0.25, 0.3) is 11.3 Å². The molecule has 2 aromatic rings. The van der Waals surface area contributed by atoms with Crippen LogP contribution in [0.5, 0.6) is 5.75 Å². The molecular weight excluding hydrogens is 342 g/mol. The molecule has 2 atom stereocenters. The van der Waals surface area contributed by atoms with Gasteiger partial charge in [0.25, 0.3) is 5.91 Å². The highest BCUT2D eigenvalue weighted by atomic mass is 16.5. The van der Waals surface area contributed by atoms with Gasteiger partial charge >= 0.3 is 0 Å². The number of amides is 1. The van der Waals surface area contributed by atoms with Crippen LogP contribution in [0.15, 0.2) is 30.6 Å². The number of hydrogen-bond donors (Lipinski definition) is 0.